The number of methoxy groups -OCH3 is 1. The van der Waals surface area contributed by atoms with Crippen LogP contribution in [0.5, 0.6) is 5.75 Å². The zero-order chi connectivity index (χ0) is 22.4. The van der Waals surface area contributed by atoms with Gasteiger partial charge in [0.15, 0.2) is 0 Å². The van der Waals surface area contributed by atoms with E-state index in [1.807, 2.05) is 0 Å². The number of hydrogen-bond donors (Lipinski definition) is 2. The molecular weight excluding hydrogens is 398 g/mol. The highest BCUT2D eigenvalue weighted by Crippen LogP contribution is 2.26. The van der Waals surface area contributed by atoms with Crippen molar-refractivity contribution in [2.24, 2.45) is 11.8 Å². The molecule has 0 unspecified atom stereocenters. The minimum atomic E-state index is -0.160. The van der Waals surface area contributed by atoms with Gasteiger partial charge in [-0.25, -0.2) is 0 Å². The number of ether oxygens (including phenoxy) is 3. The lowest BCUT2D eigenvalue weighted by Gasteiger charge is -2.30. The monoisotopic (exact) mass is 433 g/mol. The van der Waals surface area contributed by atoms with Gasteiger partial charge in [0.2, 0.25) is 5.91 Å². The van der Waals surface area contributed by atoms with E-state index in [-0.39, 0.29) is 35.8 Å². The molecule has 2 heterocycles. The smallest absolute Gasteiger partial charge is 0.257 e. The fraction of sp³-hybridized carbons (Fsp3) is 0.652. The second-order valence-electron chi connectivity index (χ2n) is 8.64. The van der Waals surface area contributed by atoms with Crippen LogP contribution in [0.1, 0.15) is 37.0 Å². The summed E-state index contributed by atoms with van der Waals surface area (Å²) in [6.07, 6.45) is 1.33. The Hall–Kier alpha value is -2.16. The van der Waals surface area contributed by atoms with E-state index in [1.54, 1.807) is 37.3 Å². The molecule has 0 radical (unpaired) electrons. The Balaban J connectivity index is 1.83. The number of anilines is 1. The van der Waals surface area contributed by atoms with Crippen LogP contribution in [0.25, 0.3) is 0 Å². The summed E-state index contributed by atoms with van der Waals surface area (Å²) in [6.45, 7) is 7.03. The first kappa shape index (κ1) is 23.5. The molecule has 2 aliphatic rings. The van der Waals surface area contributed by atoms with E-state index in [4.69, 9.17) is 14.2 Å². The molecule has 0 aromatic heterocycles. The van der Waals surface area contributed by atoms with E-state index in [0.29, 0.717) is 56.2 Å². The van der Waals surface area contributed by atoms with E-state index in [1.165, 1.54) is 0 Å². The van der Waals surface area contributed by atoms with Gasteiger partial charge in [-0.3, -0.25) is 9.59 Å². The molecule has 1 saturated heterocycles. The average Bonchev–Trinajstić information content (AvgIpc) is 2.79. The zero-order valence-electron chi connectivity index (χ0n) is 19.0. The summed E-state index contributed by atoms with van der Waals surface area (Å²) in [5.74, 6) is 0.473. The first-order valence-corrected chi connectivity index (χ1v) is 11.1. The van der Waals surface area contributed by atoms with E-state index >= 15 is 0 Å². The lowest BCUT2D eigenvalue weighted by atomic mass is 9.99. The zero-order valence-corrected chi connectivity index (χ0v) is 19.0. The second kappa shape index (κ2) is 10.9. The normalized spacial score (nSPS) is 26.3. The number of benzene rings is 1. The van der Waals surface area contributed by atoms with Crippen LogP contribution >= 0.6 is 0 Å². The third-order valence-corrected chi connectivity index (χ3v) is 6.08. The van der Waals surface area contributed by atoms with Crippen molar-refractivity contribution in [1.29, 1.82) is 0 Å². The maximum Gasteiger partial charge on any atom is 0.257 e. The fourth-order valence-corrected chi connectivity index (χ4v) is 3.94. The van der Waals surface area contributed by atoms with Crippen molar-refractivity contribution in [2.75, 3.05) is 52.4 Å². The highest BCUT2D eigenvalue weighted by molar-refractivity contribution is 5.99. The Morgan fingerprint density at radius 3 is 2.71 bits per heavy atom. The van der Waals surface area contributed by atoms with Crippen LogP contribution in [0.3, 0.4) is 0 Å². The molecule has 3 rings (SSSR count). The summed E-state index contributed by atoms with van der Waals surface area (Å²) in [4.78, 5) is 27.6. The highest BCUT2D eigenvalue weighted by atomic mass is 16.5. The number of carbonyl (C=O) groups excluding carboxylic acids is 2. The van der Waals surface area contributed by atoms with Crippen molar-refractivity contribution in [3.63, 3.8) is 0 Å². The van der Waals surface area contributed by atoms with Crippen LogP contribution in [-0.4, -0.2) is 75.9 Å². The van der Waals surface area contributed by atoms with Gasteiger partial charge >= 0.3 is 0 Å². The first-order chi connectivity index (χ1) is 14.9. The molecule has 2 N–H and O–H groups in total. The standard InChI is InChI=1S/C23H35N3O5/c1-15-12-24-16(2)14-31-20-6-5-18(25-22(27)17-7-9-30-10-8-17)11-19(20)23(28)26(3)13-21(15)29-4/h5-6,11,15-17,21,24H,7-10,12-14H2,1-4H3,(H,25,27)/t15-,16+,21-/m1/s1. The molecule has 1 fully saturated rings. The van der Waals surface area contributed by atoms with Crippen molar-refractivity contribution in [2.45, 2.75) is 38.8 Å². The Kier molecular flexibility index (Phi) is 8.28. The SMILES string of the molecule is CO[C@@H]1CN(C)C(=O)c2cc(NC(=O)C3CCOCC3)ccc2OC[C@H](C)NC[C@H]1C. The summed E-state index contributed by atoms with van der Waals surface area (Å²) < 4.78 is 17.0. The van der Waals surface area contributed by atoms with Crippen LogP contribution < -0.4 is 15.4 Å². The van der Waals surface area contributed by atoms with Gasteiger partial charge in [0, 0.05) is 58.1 Å². The van der Waals surface area contributed by atoms with Gasteiger partial charge in [-0.05, 0) is 43.9 Å². The fourth-order valence-electron chi connectivity index (χ4n) is 3.94. The maximum absolute atomic E-state index is 13.3. The van der Waals surface area contributed by atoms with Crippen LogP contribution in [0.15, 0.2) is 18.2 Å². The average molecular weight is 434 g/mol. The number of nitrogens with one attached hydrogen (secondary N) is 2. The number of rotatable bonds is 3. The Labute approximate surface area is 184 Å². The minimum Gasteiger partial charge on any atom is -0.491 e. The number of amides is 2. The number of carbonyl (C=O) groups is 2. The Morgan fingerprint density at radius 1 is 1.26 bits per heavy atom. The Bertz CT molecular complexity index is 766. The molecule has 1 aromatic rings. The van der Waals surface area contributed by atoms with E-state index in [2.05, 4.69) is 24.5 Å². The summed E-state index contributed by atoms with van der Waals surface area (Å²) in [6, 6.07) is 5.37. The van der Waals surface area contributed by atoms with Gasteiger partial charge in [0.05, 0.1) is 11.7 Å². The van der Waals surface area contributed by atoms with Crippen LogP contribution in [0.2, 0.25) is 0 Å². The molecule has 31 heavy (non-hydrogen) atoms. The van der Waals surface area contributed by atoms with Crippen molar-refractivity contribution in [3.8, 4) is 5.75 Å². The lowest BCUT2D eigenvalue weighted by molar-refractivity contribution is -0.122. The molecule has 1 aromatic carbocycles. The number of nitrogens with zero attached hydrogens (tertiary/aromatic N) is 1. The lowest BCUT2D eigenvalue weighted by Crippen LogP contribution is -2.44. The minimum absolute atomic E-state index is 0.0378. The summed E-state index contributed by atoms with van der Waals surface area (Å²) >= 11 is 0. The van der Waals surface area contributed by atoms with Crippen LogP contribution in [0.4, 0.5) is 5.69 Å². The topological polar surface area (TPSA) is 89.1 Å². The van der Waals surface area contributed by atoms with Crippen molar-refractivity contribution < 1.29 is 23.8 Å². The van der Waals surface area contributed by atoms with Gasteiger partial charge in [0.25, 0.3) is 5.91 Å². The molecule has 0 saturated carbocycles. The molecule has 8 nitrogen and oxygen atoms in total. The van der Waals surface area contributed by atoms with Gasteiger partial charge in [-0.1, -0.05) is 6.92 Å². The summed E-state index contributed by atoms with van der Waals surface area (Å²) in [5.41, 5.74) is 1.03. The van der Waals surface area contributed by atoms with Gasteiger partial charge in [-0.2, -0.15) is 0 Å². The maximum atomic E-state index is 13.3. The molecule has 0 aliphatic carbocycles. The third kappa shape index (κ3) is 6.18. The third-order valence-electron chi connectivity index (χ3n) is 6.08. The van der Waals surface area contributed by atoms with Crippen LogP contribution in [0, 0.1) is 11.8 Å². The summed E-state index contributed by atoms with van der Waals surface area (Å²) in [7, 11) is 3.44. The quantitative estimate of drug-likeness (QED) is 0.759. The van der Waals surface area contributed by atoms with Gasteiger partial charge < -0.3 is 29.7 Å². The van der Waals surface area contributed by atoms with Crippen LogP contribution in [-0.2, 0) is 14.3 Å². The van der Waals surface area contributed by atoms with E-state index in [0.717, 1.165) is 6.54 Å². The van der Waals surface area contributed by atoms with E-state index in [9.17, 15) is 9.59 Å². The molecule has 0 bridgehead atoms. The van der Waals surface area contributed by atoms with Gasteiger partial charge in [0.1, 0.15) is 12.4 Å². The second-order valence-corrected chi connectivity index (χ2v) is 8.64. The molecule has 3 atom stereocenters. The molecule has 172 valence electrons. The molecule has 0 spiro atoms. The predicted molar refractivity (Wildman–Crippen MR) is 118 cm³/mol. The predicted octanol–water partition coefficient (Wildman–Crippen LogP) is 2.15. The molecule has 2 amide bonds. The van der Waals surface area contributed by atoms with Crippen molar-refractivity contribution in [1.82, 2.24) is 10.2 Å². The molecule has 2 aliphatic heterocycles. The first-order valence-electron chi connectivity index (χ1n) is 11.1. The highest BCUT2D eigenvalue weighted by Gasteiger charge is 2.26. The largest absolute Gasteiger partial charge is 0.491 e. The Morgan fingerprint density at radius 2 is 2.00 bits per heavy atom. The number of hydrogen-bond acceptors (Lipinski definition) is 6. The number of likely N-dealkylation sites (N-methyl/N-ethyl adjacent to an activating group) is 1. The number of fused-ring (bicyclic) bond motifs is 1. The van der Waals surface area contributed by atoms with E-state index < -0.39 is 0 Å². The van der Waals surface area contributed by atoms with Crippen molar-refractivity contribution in [3.05, 3.63) is 23.8 Å². The van der Waals surface area contributed by atoms with Crippen molar-refractivity contribution >= 4 is 17.5 Å². The molecular formula is C23H35N3O5. The van der Waals surface area contributed by atoms with Gasteiger partial charge in [-0.15, -0.1) is 0 Å². The summed E-state index contributed by atoms with van der Waals surface area (Å²) in [5, 5.41) is 6.43. The molecule has 8 heteroatoms.